The molecule has 0 aliphatic carbocycles. The fraction of sp³-hybridized carbons (Fsp3) is 0.333. The highest BCUT2D eigenvalue weighted by atomic mass is 35.5. The lowest BCUT2D eigenvalue weighted by Gasteiger charge is -2.34. The van der Waals surface area contributed by atoms with Gasteiger partial charge in [-0.3, -0.25) is 9.59 Å². The van der Waals surface area contributed by atoms with Gasteiger partial charge in [0.05, 0.1) is 17.2 Å². The van der Waals surface area contributed by atoms with Gasteiger partial charge >= 0.3 is 0 Å². The summed E-state index contributed by atoms with van der Waals surface area (Å²) in [6.07, 6.45) is 0. The van der Waals surface area contributed by atoms with Gasteiger partial charge in [0.15, 0.2) is 6.61 Å². The topological polar surface area (TPSA) is 59.1 Å². The summed E-state index contributed by atoms with van der Waals surface area (Å²) in [6, 6.07) is 11.9. The van der Waals surface area contributed by atoms with Gasteiger partial charge < -0.3 is 19.3 Å². The lowest BCUT2D eigenvalue weighted by molar-refractivity contribution is -0.134. The molecule has 1 aliphatic rings. The van der Waals surface area contributed by atoms with Crippen molar-refractivity contribution in [3.63, 3.8) is 0 Å². The summed E-state index contributed by atoms with van der Waals surface area (Å²) >= 11 is 12.1. The van der Waals surface area contributed by atoms with Crippen molar-refractivity contribution in [1.29, 1.82) is 0 Å². The molecule has 0 atom stereocenters. The number of ether oxygens (including phenoxy) is 2. The van der Waals surface area contributed by atoms with Gasteiger partial charge in [-0.2, -0.15) is 0 Å². The van der Waals surface area contributed by atoms with Crippen LogP contribution < -0.4 is 9.47 Å². The molecule has 1 saturated heterocycles. The second-order valence-corrected chi connectivity index (χ2v) is 7.33. The Morgan fingerprint density at radius 3 is 2.10 bits per heavy atom. The molecular weight excluding hydrogens is 415 g/mol. The predicted octanol–water partition coefficient (Wildman–Crippen LogP) is 3.76. The number of carbonyl (C=O) groups is 2. The maximum absolute atomic E-state index is 12.7. The zero-order valence-corrected chi connectivity index (χ0v) is 17.6. The van der Waals surface area contributed by atoms with Crippen LogP contribution in [0, 0.1) is 0 Å². The van der Waals surface area contributed by atoms with Crippen LogP contribution in [0.2, 0.25) is 10.0 Å². The molecular formula is C21H22Cl2N2O4. The van der Waals surface area contributed by atoms with Crippen molar-refractivity contribution in [2.45, 2.75) is 6.92 Å². The summed E-state index contributed by atoms with van der Waals surface area (Å²) < 4.78 is 10.9. The van der Waals surface area contributed by atoms with Crippen LogP contribution in [0.1, 0.15) is 17.3 Å². The quantitative estimate of drug-likeness (QED) is 0.691. The number of amides is 2. The minimum atomic E-state index is -0.185. The highest BCUT2D eigenvalue weighted by Crippen LogP contribution is 2.23. The molecule has 0 unspecified atom stereocenters. The van der Waals surface area contributed by atoms with E-state index in [-0.39, 0.29) is 18.4 Å². The zero-order chi connectivity index (χ0) is 20.8. The summed E-state index contributed by atoms with van der Waals surface area (Å²) in [5.74, 6) is 1.06. The molecule has 2 aromatic carbocycles. The van der Waals surface area contributed by atoms with E-state index in [0.29, 0.717) is 54.1 Å². The molecule has 8 heteroatoms. The van der Waals surface area contributed by atoms with Gasteiger partial charge in [-0.05, 0) is 49.4 Å². The first kappa shape index (κ1) is 21.3. The van der Waals surface area contributed by atoms with Gasteiger partial charge in [0.25, 0.3) is 11.8 Å². The Hall–Kier alpha value is -2.44. The van der Waals surface area contributed by atoms with E-state index in [2.05, 4.69) is 0 Å². The first-order valence-corrected chi connectivity index (χ1v) is 10.1. The first-order valence-electron chi connectivity index (χ1n) is 9.35. The lowest BCUT2D eigenvalue weighted by atomic mass is 10.1. The molecule has 6 nitrogen and oxygen atoms in total. The molecule has 29 heavy (non-hydrogen) atoms. The molecule has 154 valence electrons. The number of nitrogens with zero attached hydrogens (tertiary/aromatic N) is 2. The maximum Gasteiger partial charge on any atom is 0.260 e. The number of hydrogen-bond acceptors (Lipinski definition) is 4. The first-order chi connectivity index (χ1) is 14.0. The predicted molar refractivity (Wildman–Crippen MR) is 112 cm³/mol. The van der Waals surface area contributed by atoms with Gasteiger partial charge in [-0.1, -0.05) is 23.2 Å². The number of carbonyl (C=O) groups excluding carboxylic acids is 2. The Morgan fingerprint density at radius 1 is 0.897 bits per heavy atom. The van der Waals surface area contributed by atoms with Gasteiger partial charge in [0.1, 0.15) is 11.5 Å². The molecule has 0 bridgehead atoms. The van der Waals surface area contributed by atoms with E-state index < -0.39 is 0 Å². The standard InChI is InChI=1S/C21H22Cl2N2O4/c1-2-28-16-4-6-17(7-5-16)29-14-20(26)24-9-11-25(12-10-24)21(27)18-13-15(22)3-8-19(18)23/h3-8,13H,2,9-12,14H2,1H3. The lowest BCUT2D eigenvalue weighted by Crippen LogP contribution is -2.51. The average molecular weight is 437 g/mol. The van der Waals surface area contributed by atoms with E-state index in [9.17, 15) is 9.59 Å². The van der Waals surface area contributed by atoms with E-state index in [0.717, 1.165) is 5.75 Å². The van der Waals surface area contributed by atoms with Crippen molar-refractivity contribution in [1.82, 2.24) is 9.80 Å². The number of rotatable bonds is 6. The summed E-state index contributed by atoms with van der Waals surface area (Å²) in [7, 11) is 0. The third-order valence-electron chi connectivity index (χ3n) is 4.58. The molecule has 0 radical (unpaired) electrons. The molecule has 1 fully saturated rings. The van der Waals surface area contributed by atoms with Crippen LogP contribution in [-0.2, 0) is 4.79 Å². The number of benzene rings is 2. The van der Waals surface area contributed by atoms with E-state index in [1.54, 1.807) is 52.3 Å². The van der Waals surface area contributed by atoms with Gasteiger partial charge in [0.2, 0.25) is 0 Å². The zero-order valence-electron chi connectivity index (χ0n) is 16.1. The van der Waals surface area contributed by atoms with Crippen LogP contribution >= 0.6 is 23.2 Å². The van der Waals surface area contributed by atoms with Crippen molar-refractivity contribution in [2.24, 2.45) is 0 Å². The van der Waals surface area contributed by atoms with Crippen LogP contribution in [0.5, 0.6) is 11.5 Å². The molecule has 0 aromatic heterocycles. The summed E-state index contributed by atoms with van der Waals surface area (Å²) in [5.41, 5.74) is 0.373. The fourth-order valence-electron chi connectivity index (χ4n) is 3.03. The van der Waals surface area contributed by atoms with Crippen molar-refractivity contribution >= 4 is 35.0 Å². The maximum atomic E-state index is 12.7. The number of halogens is 2. The Balaban J connectivity index is 1.49. The minimum Gasteiger partial charge on any atom is -0.494 e. The van der Waals surface area contributed by atoms with E-state index in [4.69, 9.17) is 32.7 Å². The number of piperazine rings is 1. The minimum absolute atomic E-state index is 0.0535. The Morgan fingerprint density at radius 2 is 1.48 bits per heavy atom. The van der Waals surface area contributed by atoms with Crippen LogP contribution in [0.25, 0.3) is 0 Å². The SMILES string of the molecule is CCOc1ccc(OCC(=O)N2CCN(C(=O)c3cc(Cl)ccc3Cl)CC2)cc1. The monoisotopic (exact) mass is 436 g/mol. The van der Waals surface area contributed by atoms with E-state index >= 15 is 0 Å². The normalized spacial score (nSPS) is 13.9. The Bertz CT molecular complexity index is 865. The van der Waals surface area contributed by atoms with Crippen molar-refractivity contribution in [3.05, 3.63) is 58.1 Å². The van der Waals surface area contributed by atoms with Gasteiger partial charge in [-0.15, -0.1) is 0 Å². The molecule has 0 spiro atoms. The van der Waals surface area contributed by atoms with Crippen LogP contribution in [0.4, 0.5) is 0 Å². The van der Waals surface area contributed by atoms with Crippen LogP contribution in [0.15, 0.2) is 42.5 Å². The third-order valence-corrected chi connectivity index (χ3v) is 5.14. The highest BCUT2D eigenvalue weighted by Gasteiger charge is 2.26. The van der Waals surface area contributed by atoms with E-state index in [1.165, 1.54) is 0 Å². The average Bonchev–Trinajstić information content (AvgIpc) is 2.74. The van der Waals surface area contributed by atoms with Crippen LogP contribution in [-0.4, -0.2) is 61.0 Å². The van der Waals surface area contributed by atoms with Crippen LogP contribution in [0.3, 0.4) is 0 Å². The van der Waals surface area contributed by atoms with Gasteiger partial charge in [-0.25, -0.2) is 0 Å². The fourth-order valence-corrected chi connectivity index (χ4v) is 3.40. The smallest absolute Gasteiger partial charge is 0.260 e. The third kappa shape index (κ3) is 5.55. The summed E-state index contributed by atoms with van der Waals surface area (Å²) in [4.78, 5) is 28.5. The summed E-state index contributed by atoms with van der Waals surface area (Å²) in [6.45, 7) is 4.19. The summed E-state index contributed by atoms with van der Waals surface area (Å²) in [5, 5.41) is 0.819. The van der Waals surface area contributed by atoms with E-state index in [1.807, 2.05) is 6.92 Å². The second kappa shape index (κ2) is 9.85. The van der Waals surface area contributed by atoms with Crippen molar-refractivity contribution in [2.75, 3.05) is 39.4 Å². The van der Waals surface area contributed by atoms with Crippen molar-refractivity contribution in [3.8, 4) is 11.5 Å². The molecule has 3 rings (SSSR count). The second-order valence-electron chi connectivity index (χ2n) is 6.49. The number of hydrogen-bond donors (Lipinski definition) is 0. The largest absolute Gasteiger partial charge is 0.494 e. The molecule has 2 amide bonds. The highest BCUT2D eigenvalue weighted by molar-refractivity contribution is 6.35. The molecule has 0 N–H and O–H groups in total. The molecule has 1 aliphatic heterocycles. The van der Waals surface area contributed by atoms with Crippen molar-refractivity contribution < 1.29 is 19.1 Å². The Kier molecular flexibility index (Phi) is 7.23. The molecule has 0 saturated carbocycles. The molecule has 2 aromatic rings. The Labute approximate surface area is 179 Å². The van der Waals surface area contributed by atoms with Gasteiger partial charge in [0, 0.05) is 31.2 Å². The molecule has 1 heterocycles.